The molecule has 0 aromatic heterocycles. The van der Waals surface area contributed by atoms with E-state index in [1.807, 2.05) is 42.1 Å². The summed E-state index contributed by atoms with van der Waals surface area (Å²) in [4.78, 5) is 6.67. The number of nitrogens with one attached hydrogen (secondary N) is 1. The number of thioether (sulfide) groups is 1. The van der Waals surface area contributed by atoms with Crippen molar-refractivity contribution in [2.75, 3.05) is 38.2 Å². The molecule has 0 aliphatic carbocycles. The van der Waals surface area contributed by atoms with E-state index in [1.165, 1.54) is 0 Å². The molecule has 0 spiro atoms. The SMILES string of the molecule is CN=C(NCCCS(=O)(=O)Cc1ccccc1)N1CCSC(C(C)C)C1. The van der Waals surface area contributed by atoms with Gasteiger partial charge in [0.05, 0.1) is 11.5 Å². The summed E-state index contributed by atoms with van der Waals surface area (Å²) in [6.45, 7) is 7.12. The second-order valence-electron chi connectivity index (χ2n) is 7.00. The van der Waals surface area contributed by atoms with Gasteiger partial charge in [0.15, 0.2) is 15.8 Å². The molecule has 0 amide bonds. The second kappa shape index (κ2) is 10.2. The number of rotatable bonds is 7. The highest BCUT2D eigenvalue weighted by atomic mass is 32.2. The van der Waals surface area contributed by atoms with Crippen molar-refractivity contribution in [1.29, 1.82) is 0 Å². The molecule has 1 atom stereocenters. The summed E-state index contributed by atoms with van der Waals surface area (Å²) >= 11 is 2.03. The van der Waals surface area contributed by atoms with Crippen LogP contribution in [0.25, 0.3) is 0 Å². The van der Waals surface area contributed by atoms with Crippen LogP contribution in [0.15, 0.2) is 35.3 Å². The van der Waals surface area contributed by atoms with Gasteiger partial charge in [-0.2, -0.15) is 11.8 Å². The molecule has 1 unspecified atom stereocenters. The Morgan fingerprint density at radius 2 is 2.08 bits per heavy atom. The molecule has 146 valence electrons. The fraction of sp³-hybridized carbons (Fsp3) is 0.632. The van der Waals surface area contributed by atoms with Crippen molar-refractivity contribution in [2.24, 2.45) is 10.9 Å². The highest BCUT2D eigenvalue weighted by molar-refractivity contribution is 8.00. The van der Waals surface area contributed by atoms with Crippen molar-refractivity contribution < 1.29 is 8.42 Å². The van der Waals surface area contributed by atoms with Gasteiger partial charge in [-0.05, 0) is 17.9 Å². The fourth-order valence-electron chi connectivity index (χ4n) is 3.00. The van der Waals surface area contributed by atoms with Gasteiger partial charge in [-0.25, -0.2) is 8.42 Å². The average Bonchev–Trinajstić information content (AvgIpc) is 2.62. The Morgan fingerprint density at radius 1 is 1.35 bits per heavy atom. The number of hydrogen-bond acceptors (Lipinski definition) is 4. The molecule has 1 aliphatic rings. The van der Waals surface area contributed by atoms with Crippen LogP contribution in [0.2, 0.25) is 0 Å². The summed E-state index contributed by atoms with van der Waals surface area (Å²) in [7, 11) is -1.29. The first kappa shape index (κ1) is 21.1. The van der Waals surface area contributed by atoms with Crippen LogP contribution >= 0.6 is 11.8 Å². The van der Waals surface area contributed by atoms with Gasteiger partial charge < -0.3 is 10.2 Å². The van der Waals surface area contributed by atoms with E-state index >= 15 is 0 Å². The summed E-state index contributed by atoms with van der Waals surface area (Å²) in [5.74, 6) is 2.94. The van der Waals surface area contributed by atoms with Crippen LogP contribution in [0.5, 0.6) is 0 Å². The Balaban J connectivity index is 1.77. The van der Waals surface area contributed by atoms with E-state index in [4.69, 9.17) is 0 Å². The van der Waals surface area contributed by atoms with E-state index in [1.54, 1.807) is 7.05 Å². The lowest BCUT2D eigenvalue weighted by Crippen LogP contribution is -2.49. The number of benzene rings is 1. The third kappa shape index (κ3) is 6.83. The zero-order chi connectivity index (χ0) is 19.0. The molecule has 26 heavy (non-hydrogen) atoms. The Labute approximate surface area is 162 Å². The number of guanidine groups is 1. The molecule has 1 fully saturated rings. The third-order valence-electron chi connectivity index (χ3n) is 4.49. The highest BCUT2D eigenvalue weighted by Crippen LogP contribution is 2.24. The van der Waals surface area contributed by atoms with Crippen LogP contribution in [0.3, 0.4) is 0 Å². The molecule has 1 aliphatic heterocycles. The minimum absolute atomic E-state index is 0.113. The van der Waals surface area contributed by atoms with Crippen LogP contribution in [0.4, 0.5) is 0 Å². The molecular formula is C19H31N3O2S2. The monoisotopic (exact) mass is 397 g/mol. The summed E-state index contributed by atoms with van der Waals surface area (Å²) in [6, 6.07) is 9.36. The molecule has 2 rings (SSSR count). The van der Waals surface area contributed by atoms with Gasteiger partial charge in [-0.3, -0.25) is 4.99 Å². The zero-order valence-electron chi connectivity index (χ0n) is 16.0. The maximum absolute atomic E-state index is 12.3. The molecule has 0 saturated carbocycles. The van der Waals surface area contributed by atoms with Crippen LogP contribution in [0.1, 0.15) is 25.8 Å². The largest absolute Gasteiger partial charge is 0.356 e. The smallest absolute Gasteiger partial charge is 0.193 e. The number of sulfone groups is 1. The molecule has 0 bridgehead atoms. The van der Waals surface area contributed by atoms with Crippen LogP contribution in [0, 0.1) is 5.92 Å². The highest BCUT2D eigenvalue weighted by Gasteiger charge is 2.24. The number of hydrogen-bond donors (Lipinski definition) is 1. The summed E-state index contributed by atoms with van der Waals surface area (Å²) in [6.07, 6.45) is 0.588. The first-order valence-corrected chi connectivity index (χ1v) is 12.1. The van der Waals surface area contributed by atoms with Crippen molar-refractivity contribution in [3.8, 4) is 0 Å². The van der Waals surface area contributed by atoms with Crippen molar-refractivity contribution in [3.63, 3.8) is 0 Å². The minimum Gasteiger partial charge on any atom is -0.356 e. The molecule has 1 saturated heterocycles. The molecular weight excluding hydrogens is 366 g/mol. The van der Waals surface area contributed by atoms with E-state index in [-0.39, 0.29) is 11.5 Å². The number of nitrogens with zero attached hydrogens (tertiary/aromatic N) is 2. The fourth-order valence-corrected chi connectivity index (χ4v) is 5.72. The first-order chi connectivity index (χ1) is 12.4. The lowest BCUT2D eigenvalue weighted by atomic mass is 10.1. The molecule has 0 radical (unpaired) electrons. The predicted octanol–water partition coefficient (Wildman–Crippen LogP) is 2.64. The van der Waals surface area contributed by atoms with Gasteiger partial charge in [0.2, 0.25) is 0 Å². The van der Waals surface area contributed by atoms with Crippen LogP contribution in [-0.4, -0.2) is 62.7 Å². The Morgan fingerprint density at radius 3 is 2.73 bits per heavy atom. The first-order valence-electron chi connectivity index (χ1n) is 9.23. The van der Waals surface area contributed by atoms with Crippen LogP contribution in [-0.2, 0) is 15.6 Å². The minimum atomic E-state index is -3.08. The van der Waals surface area contributed by atoms with Crippen LogP contribution < -0.4 is 5.32 Å². The molecule has 7 heteroatoms. The van der Waals surface area contributed by atoms with E-state index in [0.717, 1.165) is 30.4 Å². The normalized spacial score (nSPS) is 19.0. The second-order valence-corrected chi connectivity index (χ2v) is 10.5. The van der Waals surface area contributed by atoms with Crippen molar-refractivity contribution >= 4 is 27.6 Å². The Bertz CT molecular complexity index is 675. The number of aliphatic imine (C=N–C) groups is 1. The van der Waals surface area contributed by atoms with Gasteiger partial charge >= 0.3 is 0 Å². The maximum atomic E-state index is 12.3. The predicted molar refractivity (Wildman–Crippen MR) is 113 cm³/mol. The summed E-state index contributed by atoms with van der Waals surface area (Å²) < 4.78 is 24.5. The third-order valence-corrected chi connectivity index (χ3v) is 7.72. The standard InChI is InChI=1S/C19H31N3O2S2/c1-16(2)18-14-22(11-12-25-18)19(20-3)21-10-7-13-26(23,24)15-17-8-5-4-6-9-17/h4-6,8-9,16,18H,7,10-15H2,1-3H3,(H,20,21). The van der Waals surface area contributed by atoms with E-state index in [0.29, 0.717) is 24.1 Å². The van der Waals surface area contributed by atoms with Gasteiger partial charge in [0, 0.05) is 37.7 Å². The quantitative estimate of drug-likeness (QED) is 0.435. The molecule has 1 aromatic carbocycles. The Hall–Kier alpha value is -1.21. The molecule has 5 nitrogen and oxygen atoms in total. The van der Waals surface area contributed by atoms with Gasteiger partial charge in [0.1, 0.15) is 0 Å². The maximum Gasteiger partial charge on any atom is 0.193 e. The molecule has 1 aromatic rings. The lowest BCUT2D eigenvalue weighted by Gasteiger charge is -2.36. The zero-order valence-corrected chi connectivity index (χ0v) is 17.7. The summed E-state index contributed by atoms with van der Waals surface area (Å²) in [5.41, 5.74) is 0.849. The molecule has 1 N–H and O–H groups in total. The van der Waals surface area contributed by atoms with Gasteiger partial charge in [-0.1, -0.05) is 44.2 Å². The van der Waals surface area contributed by atoms with E-state index in [2.05, 4.69) is 29.1 Å². The van der Waals surface area contributed by atoms with Crippen molar-refractivity contribution in [3.05, 3.63) is 35.9 Å². The summed E-state index contributed by atoms with van der Waals surface area (Å²) in [5, 5.41) is 3.96. The van der Waals surface area contributed by atoms with Gasteiger partial charge in [-0.15, -0.1) is 0 Å². The molecule has 1 heterocycles. The lowest BCUT2D eigenvalue weighted by molar-refractivity contribution is 0.381. The van der Waals surface area contributed by atoms with Gasteiger partial charge in [0.25, 0.3) is 0 Å². The van der Waals surface area contributed by atoms with E-state index < -0.39 is 9.84 Å². The average molecular weight is 398 g/mol. The van der Waals surface area contributed by atoms with Crippen molar-refractivity contribution in [2.45, 2.75) is 31.3 Å². The topological polar surface area (TPSA) is 61.8 Å². The Kier molecular flexibility index (Phi) is 8.28. The van der Waals surface area contributed by atoms with E-state index in [9.17, 15) is 8.42 Å². The van der Waals surface area contributed by atoms with Crippen molar-refractivity contribution in [1.82, 2.24) is 10.2 Å².